The summed E-state index contributed by atoms with van der Waals surface area (Å²) in [4.78, 5) is 17.6. The molecule has 0 saturated heterocycles. The third kappa shape index (κ3) is 6.57. The lowest BCUT2D eigenvalue weighted by Crippen LogP contribution is -2.26. The summed E-state index contributed by atoms with van der Waals surface area (Å²) >= 11 is 0. The highest BCUT2D eigenvalue weighted by Gasteiger charge is 2.39. The first-order chi connectivity index (χ1) is 17.8. The van der Waals surface area contributed by atoms with E-state index in [4.69, 9.17) is 4.74 Å². The zero-order valence-corrected chi connectivity index (χ0v) is 21.0. The maximum Gasteiger partial charge on any atom is 0.573 e. The lowest BCUT2D eigenvalue weighted by Gasteiger charge is -2.22. The summed E-state index contributed by atoms with van der Waals surface area (Å²) in [6, 6.07) is 15.2. The lowest BCUT2D eigenvalue weighted by molar-refractivity contribution is -0.274. The molecule has 0 radical (unpaired) electrons. The standard InChI is InChI=1S/C29H26F5NO3/c1-28(2,3)16-37-27(36)21-15-24(25-22(30)5-4-6-23(25)31)35-26(21)19-9-7-17(8-10-19)18-11-13-20(14-12-18)38-29(32,33)34/h4-14,21,26H,15-16H2,1-3H3/t21-,26?/m0/s1. The largest absolute Gasteiger partial charge is 0.573 e. The number of rotatable bonds is 6. The van der Waals surface area contributed by atoms with Crippen molar-refractivity contribution in [2.24, 2.45) is 16.3 Å². The van der Waals surface area contributed by atoms with Crippen molar-refractivity contribution in [1.82, 2.24) is 0 Å². The Morgan fingerprint density at radius 3 is 1.97 bits per heavy atom. The van der Waals surface area contributed by atoms with Crippen LogP contribution < -0.4 is 4.74 Å². The van der Waals surface area contributed by atoms with Crippen molar-refractivity contribution < 1.29 is 36.2 Å². The molecular weight excluding hydrogens is 505 g/mol. The van der Waals surface area contributed by atoms with Crippen LogP contribution in [0.25, 0.3) is 11.1 Å². The molecule has 200 valence electrons. The molecule has 0 spiro atoms. The Labute approximate surface area is 217 Å². The Bertz CT molecular complexity index is 1310. The van der Waals surface area contributed by atoms with E-state index in [2.05, 4.69) is 9.73 Å². The van der Waals surface area contributed by atoms with Crippen molar-refractivity contribution in [3.63, 3.8) is 0 Å². The van der Waals surface area contributed by atoms with Gasteiger partial charge >= 0.3 is 12.3 Å². The second-order valence-electron chi connectivity index (χ2n) is 10.3. The number of carbonyl (C=O) groups is 1. The van der Waals surface area contributed by atoms with E-state index in [1.807, 2.05) is 20.8 Å². The molecule has 1 heterocycles. The predicted octanol–water partition coefficient (Wildman–Crippen LogP) is 7.67. The van der Waals surface area contributed by atoms with Gasteiger partial charge in [0.05, 0.1) is 24.1 Å². The van der Waals surface area contributed by atoms with Crippen LogP contribution in [0, 0.1) is 23.0 Å². The van der Waals surface area contributed by atoms with Gasteiger partial charge in [-0.15, -0.1) is 13.2 Å². The van der Waals surface area contributed by atoms with Crippen LogP contribution in [0.2, 0.25) is 0 Å². The highest BCUT2D eigenvalue weighted by molar-refractivity contribution is 6.04. The molecule has 0 aromatic heterocycles. The Kier molecular flexibility index (Phi) is 7.58. The van der Waals surface area contributed by atoms with Crippen LogP contribution in [0.1, 0.15) is 44.4 Å². The number of nitrogens with zero attached hydrogens (tertiary/aromatic N) is 1. The van der Waals surface area contributed by atoms with E-state index in [9.17, 15) is 26.7 Å². The quantitative estimate of drug-likeness (QED) is 0.242. The number of halogens is 5. The molecule has 0 fully saturated rings. The van der Waals surface area contributed by atoms with E-state index in [0.29, 0.717) is 16.7 Å². The van der Waals surface area contributed by atoms with Crippen LogP contribution in [0.4, 0.5) is 22.0 Å². The highest BCUT2D eigenvalue weighted by atomic mass is 19.4. The first-order valence-corrected chi connectivity index (χ1v) is 11.9. The van der Waals surface area contributed by atoms with Crippen LogP contribution in [-0.2, 0) is 9.53 Å². The fourth-order valence-corrected chi connectivity index (χ4v) is 4.21. The molecule has 1 aliphatic heterocycles. The van der Waals surface area contributed by atoms with E-state index in [1.54, 1.807) is 24.3 Å². The molecule has 0 saturated carbocycles. The summed E-state index contributed by atoms with van der Waals surface area (Å²) in [5.41, 5.74) is 1.61. The topological polar surface area (TPSA) is 47.9 Å². The van der Waals surface area contributed by atoms with Crippen LogP contribution >= 0.6 is 0 Å². The second kappa shape index (κ2) is 10.6. The molecule has 3 aromatic carbocycles. The van der Waals surface area contributed by atoms with Crippen molar-refractivity contribution in [2.75, 3.05) is 6.61 Å². The maximum absolute atomic E-state index is 14.5. The molecule has 9 heteroatoms. The van der Waals surface area contributed by atoms with Gasteiger partial charge in [0, 0.05) is 12.1 Å². The molecule has 4 rings (SSSR count). The third-order valence-corrected chi connectivity index (χ3v) is 5.96. The van der Waals surface area contributed by atoms with E-state index >= 15 is 0 Å². The number of carbonyl (C=O) groups excluding carboxylic acids is 1. The van der Waals surface area contributed by atoms with E-state index < -0.39 is 35.9 Å². The number of alkyl halides is 3. The first kappa shape index (κ1) is 27.3. The molecule has 0 bridgehead atoms. The smallest absolute Gasteiger partial charge is 0.465 e. The van der Waals surface area contributed by atoms with Gasteiger partial charge in [-0.1, -0.05) is 63.2 Å². The normalized spacial score (nSPS) is 17.7. The van der Waals surface area contributed by atoms with Gasteiger partial charge in [0.2, 0.25) is 0 Å². The van der Waals surface area contributed by atoms with Gasteiger partial charge in [0.15, 0.2) is 0 Å². The van der Waals surface area contributed by atoms with Crippen LogP contribution in [-0.4, -0.2) is 24.7 Å². The Hall–Kier alpha value is -3.75. The summed E-state index contributed by atoms with van der Waals surface area (Å²) in [6.45, 7) is 5.93. The number of ether oxygens (including phenoxy) is 2. The van der Waals surface area contributed by atoms with E-state index in [0.717, 1.165) is 12.1 Å². The molecule has 1 unspecified atom stereocenters. The SMILES string of the molecule is CC(C)(C)COC(=O)[C@H]1CC(c2c(F)cccc2F)=NC1c1ccc(-c2ccc(OC(F)(F)F)cc2)cc1. The third-order valence-electron chi connectivity index (χ3n) is 5.96. The zero-order valence-electron chi connectivity index (χ0n) is 21.0. The molecule has 1 aliphatic rings. The monoisotopic (exact) mass is 531 g/mol. The Balaban J connectivity index is 1.62. The number of hydrogen-bond donors (Lipinski definition) is 0. The number of aliphatic imine (C=N–C) groups is 1. The summed E-state index contributed by atoms with van der Waals surface area (Å²) in [5, 5.41) is 0. The number of esters is 1. The maximum atomic E-state index is 14.5. The highest BCUT2D eigenvalue weighted by Crippen LogP contribution is 2.39. The summed E-state index contributed by atoms with van der Waals surface area (Å²) in [5.74, 6) is -3.15. The molecular formula is C29H26F5NO3. The molecule has 38 heavy (non-hydrogen) atoms. The molecule has 0 N–H and O–H groups in total. The van der Waals surface area contributed by atoms with E-state index in [-0.39, 0.29) is 35.5 Å². The van der Waals surface area contributed by atoms with Gasteiger partial charge in [-0.2, -0.15) is 0 Å². The molecule has 3 aromatic rings. The molecule has 2 atom stereocenters. The predicted molar refractivity (Wildman–Crippen MR) is 133 cm³/mol. The van der Waals surface area contributed by atoms with Crippen molar-refractivity contribution in [3.8, 4) is 16.9 Å². The molecule has 0 aliphatic carbocycles. The first-order valence-electron chi connectivity index (χ1n) is 11.9. The minimum atomic E-state index is -4.78. The Morgan fingerprint density at radius 1 is 0.895 bits per heavy atom. The van der Waals surface area contributed by atoms with Gasteiger partial charge in [-0.3, -0.25) is 9.79 Å². The van der Waals surface area contributed by atoms with Gasteiger partial charge in [0.25, 0.3) is 0 Å². The minimum Gasteiger partial charge on any atom is -0.465 e. The fourth-order valence-electron chi connectivity index (χ4n) is 4.21. The Morgan fingerprint density at radius 2 is 1.45 bits per heavy atom. The van der Waals surface area contributed by atoms with E-state index in [1.165, 1.54) is 30.3 Å². The summed E-state index contributed by atoms with van der Waals surface area (Å²) in [7, 11) is 0. The minimum absolute atomic E-state index is 0.00785. The van der Waals surface area contributed by atoms with Gasteiger partial charge in [-0.05, 0) is 46.4 Å². The molecule has 0 amide bonds. The van der Waals surface area contributed by atoms with Crippen molar-refractivity contribution >= 4 is 11.7 Å². The number of benzene rings is 3. The molecule has 4 nitrogen and oxygen atoms in total. The van der Waals surface area contributed by atoms with Crippen molar-refractivity contribution in [2.45, 2.75) is 39.6 Å². The average Bonchev–Trinajstić information content (AvgIpc) is 3.27. The van der Waals surface area contributed by atoms with Crippen molar-refractivity contribution in [3.05, 3.63) is 89.5 Å². The zero-order chi connectivity index (χ0) is 27.7. The fraction of sp³-hybridized carbons (Fsp3) is 0.310. The lowest BCUT2D eigenvalue weighted by atomic mass is 9.90. The van der Waals surface area contributed by atoms with Gasteiger partial charge in [0.1, 0.15) is 17.4 Å². The summed E-state index contributed by atoms with van der Waals surface area (Å²) in [6.07, 6.45) is -4.77. The number of hydrogen-bond acceptors (Lipinski definition) is 4. The van der Waals surface area contributed by atoms with Gasteiger partial charge < -0.3 is 9.47 Å². The second-order valence-corrected chi connectivity index (χ2v) is 10.3. The van der Waals surface area contributed by atoms with Crippen molar-refractivity contribution in [1.29, 1.82) is 0 Å². The van der Waals surface area contributed by atoms with Crippen LogP contribution in [0.5, 0.6) is 5.75 Å². The van der Waals surface area contributed by atoms with Crippen LogP contribution in [0.3, 0.4) is 0 Å². The summed E-state index contributed by atoms with van der Waals surface area (Å²) < 4.78 is 75.7. The average molecular weight is 532 g/mol. The van der Waals surface area contributed by atoms with Gasteiger partial charge in [-0.25, -0.2) is 8.78 Å². The van der Waals surface area contributed by atoms with Crippen LogP contribution in [0.15, 0.2) is 71.7 Å².